The van der Waals surface area contributed by atoms with Gasteiger partial charge >= 0.3 is 0 Å². The summed E-state index contributed by atoms with van der Waals surface area (Å²) in [5.41, 5.74) is 4.71. The lowest BCUT2D eigenvalue weighted by Gasteiger charge is -2.24. The van der Waals surface area contributed by atoms with Crippen LogP contribution in [-0.4, -0.2) is 29.7 Å². The Labute approximate surface area is 87.0 Å². The van der Waals surface area contributed by atoms with Crippen LogP contribution in [-0.2, 0) is 15.4 Å². The average molecular weight is 231 g/mol. The van der Waals surface area contributed by atoms with Crippen molar-refractivity contribution in [2.75, 3.05) is 17.2 Å². The van der Waals surface area contributed by atoms with E-state index < -0.39 is 15.4 Å². The highest BCUT2D eigenvalue weighted by atomic mass is 32.2. The summed E-state index contributed by atoms with van der Waals surface area (Å²) >= 11 is 0. The molecule has 1 aromatic rings. The molecule has 0 bridgehead atoms. The van der Waals surface area contributed by atoms with E-state index in [4.69, 9.17) is 5.73 Å². The number of sulfone groups is 1. The fraction of sp³-hybridized carbons (Fsp3) is 0.625. The number of nitrogen functional groups attached to an aromatic ring is 1. The molecule has 1 aromatic heterocycles. The van der Waals surface area contributed by atoms with Crippen LogP contribution in [0.2, 0.25) is 0 Å². The molecule has 2 heterocycles. The second-order valence-electron chi connectivity index (χ2n) is 4.22. The van der Waals surface area contributed by atoms with E-state index in [2.05, 4.69) is 5.10 Å². The zero-order chi connectivity index (χ0) is 11.3. The van der Waals surface area contributed by atoms with Gasteiger partial charge in [0.15, 0.2) is 9.84 Å². The van der Waals surface area contributed by atoms with Crippen LogP contribution in [0.25, 0.3) is 0 Å². The Morgan fingerprint density at radius 3 is 2.67 bits per heavy atom. The van der Waals surface area contributed by atoms with Gasteiger partial charge in [0.25, 0.3) is 5.56 Å². The average Bonchev–Trinajstić information content (AvgIpc) is 2.54. The third kappa shape index (κ3) is 1.67. The second-order valence-corrected chi connectivity index (χ2v) is 6.40. The largest absolute Gasteiger partial charge is 0.384 e. The van der Waals surface area contributed by atoms with Gasteiger partial charge in [0, 0.05) is 6.07 Å². The molecule has 15 heavy (non-hydrogen) atoms. The fourth-order valence-electron chi connectivity index (χ4n) is 2.02. The van der Waals surface area contributed by atoms with Crippen LogP contribution in [0.15, 0.2) is 10.9 Å². The van der Waals surface area contributed by atoms with Crippen molar-refractivity contribution in [2.45, 2.75) is 18.9 Å². The Bertz CT molecular complexity index is 542. The van der Waals surface area contributed by atoms with Crippen LogP contribution in [0.3, 0.4) is 0 Å². The van der Waals surface area contributed by atoms with E-state index in [0.29, 0.717) is 6.42 Å². The van der Waals surface area contributed by atoms with E-state index in [0.717, 1.165) is 0 Å². The smallest absolute Gasteiger partial charge is 0.266 e. The van der Waals surface area contributed by atoms with Crippen LogP contribution < -0.4 is 11.3 Å². The summed E-state index contributed by atoms with van der Waals surface area (Å²) in [6.45, 7) is 1.78. The lowest BCUT2D eigenvalue weighted by molar-refractivity contribution is 0.332. The third-order valence-electron chi connectivity index (χ3n) is 2.78. The number of rotatable bonds is 1. The number of aromatic nitrogens is 2. The highest BCUT2D eigenvalue weighted by molar-refractivity contribution is 7.91. The SMILES string of the molecule is CC1(n2[nH]c(=O)cc2N)CCS(=O)(=O)C1. The van der Waals surface area contributed by atoms with Crippen molar-refractivity contribution < 1.29 is 8.42 Å². The quantitative estimate of drug-likeness (QED) is 0.667. The van der Waals surface area contributed by atoms with Gasteiger partial charge < -0.3 is 5.73 Å². The topological polar surface area (TPSA) is 97.9 Å². The number of hydrogen-bond acceptors (Lipinski definition) is 4. The fourth-order valence-corrected chi connectivity index (χ4v) is 4.14. The van der Waals surface area contributed by atoms with Gasteiger partial charge in [0.2, 0.25) is 0 Å². The molecule has 0 aromatic carbocycles. The number of anilines is 1. The van der Waals surface area contributed by atoms with Crippen LogP contribution >= 0.6 is 0 Å². The maximum absolute atomic E-state index is 11.4. The van der Waals surface area contributed by atoms with E-state index in [1.54, 1.807) is 6.92 Å². The standard InChI is InChI=1S/C8H13N3O3S/c1-8(2-3-15(13,14)5-8)11-6(9)4-7(12)10-11/h4H,2-3,5,9H2,1H3,(H,10,12). The molecule has 7 heteroatoms. The van der Waals surface area contributed by atoms with Gasteiger partial charge in [-0.3, -0.25) is 14.6 Å². The monoisotopic (exact) mass is 231 g/mol. The molecule has 1 unspecified atom stereocenters. The summed E-state index contributed by atoms with van der Waals surface area (Å²) in [7, 11) is -3.01. The van der Waals surface area contributed by atoms with Gasteiger partial charge in [0.05, 0.1) is 17.0 Å². The van der Waals surface area contributed by atoms with E-state index in [-0.39, 0.29) is 22.9 Å². The summed E-state index contributed by atoms with van der Waals surface area (Å²) in [5.74, 6) is 0.442. The summed E-state index contributed by atoms with van der Waals surface area (Å²) in [4.78, 5) is 11.1. The van der Waals surface area contributed by atoms with Crippen molar-refractivity contribution in [1.82, 2.24) is 9.78 Å². The molecule has 1 aliphatic rings. The molecule has 2 rings (SSSR count). The molecule has 0 spiro atoms. The zero-order valence-corrected chi connectivity index (χ0v) is 9.17. The number of aromatic amines is 1. The molecule has 3 N–H and O–H groups in total. The van der Waals surface area contributed by atoms with Gasteiger partial charge in [-0.25, -0.2) is 8.42 Å². The molecule has 1 atom stereocenters. The number of nitrogens with one attached hydrogen (secondary N) is 1. The number of nitrogens with two attached hydrogens (primary N) is 1. The van der Waals surface area contributed by atoms with Crippen LogP contribution in [0.4, 0.5) is 5.82 Å². The number of H-pyrrole nitrogens is 1. The molecule has 6 nitrogen and oxygen atoms in total. The van der Waals surface area contributed by atoms with Crippen molar-refractivity contribution in [1.29, 1.82) is 0 Å². The first-order chi connectivity index (χ1) is 6.82. The Morgan fingerprint density at radius 1 is 1.60 bits per heavy atom. The minimum absolute atomic E-state index is 0.0226. The highest BCUT2D eigenvalue weighted by Crippen LogP contribution is 2.31. The maximum Gasteiger partial charge on any atom is 0.266 e. The molecule has 0 radical (unpaired) electrons. The Morgan fingerprint density at radius 2 is 2.27 bits per heavy atom. The summed E-state index contributed by atoms with van der Waals surface area (Å²) in [5, 5.41) is 2.54. The van der Waals surface area contributed by atoms with Crippen LogP contribution in [0.5, 0.6) is 0 Å². The van der Waals surface area contributed by atoms with E-state index in [9.17, 15) is 13.2 Å². The van der Waals surface area contributed by atoms with Crippen molar-refractivity contribution in [3.63, 3.8) is 0 Å². The molecule has 0 aliphatic carbocycles. The van der Waals surface area contributed by atoms with Gasteiger partial charge in [-0.15, -0.1) is 0 Å². The summed E-state index contributed by atoms with van der Waals surface area (Å²) in [6.07, 6.45) is 0.476. The van der Waals surface area contributed by atoms with Crippen molar-refractivity contribution in [2.24, 2.45) is 0 Å². The maximum atomic E-state index is 11.4. The third-order valence-corrected chi connectivity index (χ3v) is 4.67. The number of hydrogen-bond donors (Lipinski definition) is 2. The first-order valence-corrected chi connectivity index (χ1v) is 6.43. The normalized spacial score (nSPS) is 29.4. The second kappa shape index (κ2) is 2.88. The van der Waals surface area contributed by atoms with Crippen molar-refractivity contribution >= 4 is 15.7 Å². The van der Waals surface area contributed by atoms with Gasteiger partial charge in [-0.05, 0) is 13.3 Å². The molecule has 1 saturated heterocycles. The minimum atomic E-state index is -3.01. The molecule has 0 amide bonds. The molecular weight excluding hydrogens is 218 g/mol. The lowest BCUT2D eigenvalue weighted by atomic mass is 10.0. The molecule has 1 fully saturated rings. The van der Waals surface area contributed by atoms with Gasteiger partial charge in [-0.2, -0.15) is 0 Å². The summed E-state index contributed by atoms with van der Waals surface area (Å²) in [6, 6.07) is 1.26. The van der Waals surface area contributed by atoms with Crippen LogP contribution in [0.1, 0.15) is 13.3 Å². The van der Waals surface area contributed by atoms with Crippen molar-refractivity contribution in [3.8, 4) is 0 Å². The van der Waals surface area contributed by atoms with Crippen LogP contribution in [0, 0.1) is 0 Å². The minimum Gasteiger partial charge on any atom is -0.384 e. The Balaban J connectivity index is 2.48. The predicted octanol–water partition coefficient (Wildman–Crippen LogP) is -0.708. The Kier molecular flexibility index (Phi) is 1.97. The Hall–Kier alpha value is -1.24. The van der Waals surface area contributed by atoms with E-state index in [1.165, 1.54) is 10.7 Å². The highest BCUT2D eigenvalue weighted by Gasteiger charge is 2.41. The lowest BCUT2D eigenvalue weighted by Crippen LogP contribution is -2.34. The predicted molar refractivity (Wildman–Crippen MR) is 56.4 cm³/mol. The molecule has 84 valence electrons. The van der Waals surface area contributed by atoms with Gasteiger partial charge in [0.1, 0.15) is 5.82 Å². The molecule has 0 saturated carbocycles. The number of nitrogens with zero attached hydrogens (tertiary/aromatic N) is 1. The first kappa shape index (κ1) is 10.3. The van der Waals surface area contributed by atoms with E-state index >= 15 is 0 Å². The van der Waals surface area contributed by atoms with E-state index in [1.807, 2.05) is 0 Å². The van der Waals surface area contributed by atoms with Crippen molar-refractivity contribution in [3.05, 3.63) is 16.4 Å². The molecule has 1 aliphatic heterocycles. The first-order valence-electron chi connectivity index (χ1n) is 4.61. The van der Waals surface area contributed by atoms with Gasteiger partial charge in [-0.1, -0.05) is 0 Å². The zero-order valence-electron chi connectivity index (χ0n) is 8.36. The summed E-state index contributed by atoms with van der Waals surface area (Å²) < 4.78 is 24.2. The molecular formula is C8H13N3O3S.